The van der Waals surface area contributed by atoms with Crippen molar-refractivity contribution in [3.8, 4) is 0 Å². The molecule has 6 heteroatoms. The van der Waals surface area contributed by atoms with E-state index in [4.69, 9.17) is 0 Å². The number of hydrogen-bond acceptors (Lipinski definition) is 3. The van der Waals surface area contributed by atoms with E-state index in [1.54, 1.807) is 14.1 Å². The van der Waals surface area contributed by atoms with Crippen molar-refractivity contribution >= 4 is 15.9 Å². The first-order valence-electron chi connectivity index (χ1n) is 8.61. The molecule has 0 aromatic heterocycles. The van der Waals surface area contributed by atoms with Crippen LogP contribution in [0.5, 0.6) is 0 Å². The summed E-state index contributed by atoms with van der Waals surface area (Å²) in [6.07, 6.45) is 0.457. The fourth-order valence-electron chi connectivity index (χ4n) is 3.10. The monoisotopic (exact) mass is 368 g/mol. The van der Waals surface area contributed by atoms with Crippen molar-refractivity contribution in [1.29, 1.82) is 0 Å². The maximum absolute atomic E-state index is 13.1. The Morgan fingerprint density at radius 1 is 0.920 bits per heavy atom. The average molecular weight is 369 g/mol. The highest BCUT2D eigenvalue weighted by atomic mass is 32.2. The van der Waals surface area contributed by atoms with Gasteiger partial charge in [-0.3, -0.25) is 4.79 Å². The molecule has 1 N–H and O–H groups in total. The second-order valence-electron chi connectivity index (χ2n) is 7.49. The van der Waals surface area contributed by atoms with Crippen LogP contribution in [0.1, 0.15) is 48.1 Å². The summed E-state index contributed by atoms with van der Waals surface area (Å²) >= 11 is 0. The summed E-state index contributed by atoms with van der Waals surface area (Å²) in [6, 6.07) is -0.763. The van der Waals surface area contributed by atoms with Crippen molar-refractivity contribution in [2.75, 3.05) is 14.1 Å². The summed E-state index contributed by atoms with van der Waals surface area (Å²) < 4.78 is 28.9. The van der Waals surface area contributed by atoms with Gasteiger partial charge in [0.1, 0.15) is 6.04 Å². The maximum atomic E-state index is 13.1. The Kier molecular flexibility index (Phi) is 6.81. The molecule has 0 saturated carbocycles. The summed E-state index contributed by atoms with van der Waals surface area (Å²) in [7, 11) is -0.525. The lowest BCUT2D eigenvalue weighted by atomic mass is 9.95. The van der Waals surface area contributed by atoms with Crippen LogP contribution in [0.2, 0.25) is 0 Å². The fraction of sp³-hybridized carbons (Fsp3) is 0.632. The third-order valence-corrected chi connectivity index (χ3v) is 6.69. The van der Waals surface area contributed by atoms with Crippen molar-refractivity contribution in [3.05, 3.63) is 27.8 Å². The zero-order valence-corrected chi connectivity index (χ0v) is 17.8. The third kappa shape index (κ3) is 4.61. The summed E-state index contributed by atoms with van der Waals surface area (Å²) in [5.41, 5.74) is 4.55. The minimum atomic E-state index is -3.80. The lowest BCUT2D eigenvalue weighted by Crippen LogP contribution is -2.47. The van der Waals surface area contributed by atoms with E-state index in [1.807, 2.05) is 48.5 Å². The molecule has 1 aromatic carbocycles. The predicted molar refractivity (Wildman–Crippen MR) is 102 cm³/mol. The molecule has 0 radical (unpaired) electrons. The number of nitrogens with one attached hydrogen (secondary N) is 1. The number of benzene rings is 1. The molecule has 0 unspecified atom stereocenters. The summed E-state index contributed by atoms with van der Waals surface area (Å²) in [5.74, 6) is -0.0339. The number of sulfonamides is 1. The van der Waals surface area contributed by atoms with Crippen LogP contribution >= 0.6 is 0 Å². The average Bonchev–Trinajstić information content (AvgIpc) is 2.48. The van der Waals surface area contributed by atoms with Crippen molar-refractivity contribution in [2.24, 2.45) is 5.92 Å². The maximum Gasteiger partial charge on any atom is 0.241 e. The van der Waals surface area contributed by atoms with Crippen LogP contribution < -0.4 is 4.72 Å². The molecule has 0 bridgehead atoms. The zero-order valence-electron chi connectivity index (χ0n) is 16.9. The quantitative estimate of drug-likeness (QED) is 0.839. The van der Waals surface area contributed by atoms with Gasteiger partial charge >= 0.3 is 0 Å². The van der Waals surface area contributed by atoms with Gasteiger partial charge in [-0.1, -0.05) is 13.8 Å². The van der Waals surface area contributed by atoms with Crippen molar-refractivity contribution in [1.82, 2.24) is 9.62 Å². The summed E-state index contributed by atoms with van der Waals surface area (Å²) in [5, 5.41) is 0. The van der Waals surface area contributed by atoms with Crippen LogP contribution in [0.15, 0.2) is 4.90 Å². The number of carbonyl (C=O) groups is 1. The molecule has 1 rings (SSSR count). The first-order chi connectivity index (χ1) is 11.3. The van der Waals surface area contributed by atoms with E-state index in [0.29, 0.717) is 11.3 Å². The first kappa shape index (κ1) is 21.6. The van der Waals surface area contributed by atoms with Gasteiger partial charge in [-0.2, -0.15) is 4.72 Å². The molecular weight excluding hydrogens is 336 g/mol. The fourth-order valence-corrected chi connectivity index (χ4v) is 4.90. The largest absolute Gasteiger partial charge is 0.347 e. The molecule has 0 aliphatic heterocycles. The number of hydrogen-bond donors (Lipinski definition) is 1. The van der Waals surface area contributed by atoms with Gasteiger partial charge in [-0.25, -0.2) is 8.42 Å². The number of likely N-dealkylation sites (N-methyl/N-ethyl adjacent to an activating group) is 1. The lowest BCUT2D eigenvalue weighted by Gasteiger charge is -2.25. The molecular formula is C19H32N2O3S. The van der Waals surface area contributed by atoms with Gasteiger partial charge < -0.3 is 4.90 Å². The third-order valence-electron chi connectivity index (χ3n) is 4.94. The van der Waals surface area contributed by atoms with Gasteiger partial charge in [0.25, 0.3) is 0 Å². The molecule has 0 aliphatic rings. The smallest absolute Gasteiger partial charge is 0.241 e. The molecule has 1 amide bonds. The van der Waals surface area contributed by atoms with Gasteiger partial charge in [0.05, 0.1) is 4.90 Å². The highest BCUT2D eigenvalue weighted by Crippen LogP contribution is 2.29. The molecule has 142 valence electrons. The van der Waals surface area contributed by atoms with E-state index in [2.05, 4.69) is 4.72 Å². The van der Waals surface area contributed by atoms with E-state index in [-0.39, 0.29) is 11.8 Å². The Labute approximate surface area is 152 Å². The Bertz CT molecular complexity index is 736. The molecule has 5 nitrogen and oxygen atoms in total. The second-order valence-corrected chi connectivity index (χ2v) is 9.14. The van der Waals surface area contributed by atoms with Gasteiger partial charge in [-0.05, 0) is 74.8 Å². The van der Waals surface area contributed by atoms with Crippen molar-refractivity contribution < 1.29 is 13.2 Å². The van der Waals surface area contributed by atoms with Crippen LogP contribution in [0.4, 0.5) is 0 Å². The van der Waals surface area contributed by atoms with E-state index in [9.17, 15) is 13.2 Å². The normalized spacial score (nSPS) is 13.2. The highest BCUT2D eigenvalue weighted by molar-refractivity contribution is 7.89. The number of carbonyl (C=O) groups excluding carboxylic acids is 1. The van der Waals surface area contributed by atoms with Crippen LogP contribution in [-0.4, -0.2) is 39.4 Å². The predicted octanol–water partition coefficient (Wildman–Crippen LogP) is 3.01. The zero-order chi connectivity index (χ0) is 19.7. The number of nitrogens with zero attached hydrogens (tertiary/aromatic N) is 1. The minimum absolute atomic E-state index is 0.195. The second kappa shape index (κ2) is 7.87. The minimum Gasteiger partial charge on any atom is -0.347 e. The topological polar surface area (TPSA) is 66.5 Å². The van der Waals surface area contributed by atoms with Gasteiger partial charge in [-0.15, -0.1) is 0 Å². The SMILES string of the molecule is Cc1c(C)c(C)c(S(=O)(=O)N[C@@H](CC(C)C)C(=O)N(C)C)c(C)c1C. The van der Waals surface area contributed by atoms with Crippen LogP contribution in [0.3, 0.4) is 0 Å². The van der Waals surface area contributed by atoms with Gasteiger partial charge in [0.15, 0.2) is 0 Å². The summed E-state index contributed by atoms with van der Waals surface area (Å²) in [4.78, 5) is 14.2. The van der Waals surface area contributed by atoms with E-state index in [0.717, 1.165) is 27.8 Å². The molecule has 0 spiro atoms. The Morgan fingerprint density at radius 3 is 1.68 bits per heavy atom. The number of rotatable bonds is 6. The standard InChI is InChI=1S/C19H32N2O3S/c1-11(2)10-17(19(22)21(8)9)20-25(23,24)18-15(6)13(4)12(3)14(5)16(18)7/h11,17,20H,10H2,1-9H3/t17-/m0/s1. The number of amides is 1. The Hall–Kier alpha value is -1.40. The van der Waals surface area contributed by atoms with E-state index < -0.39 is 16.1 Å². The Morgan fingerprint density at radius 2 is 1.32 bits per heavy atom. The lowest BCUT2D eigenvalue weighted by molar-refractivity contribution is -0.130. The highest BCUT2D eigenvalue weighted by Gasteiger charge is 2.30. The molecule has 25 heavy (non-hydrogen) atoms. The van der Waals surface area contributed by atoms with Crippen molar-refractivity contribution in [2.45, 2.75) is 65.8 Å². The molecule has 1 atom stereocenters. The molecule has 0 heterocycles. The molecule has 1 aromatic rings. The van der Waals surface area contributed by atoms with Crippen LogP contribution in [0, 0.1) is 40.5 Å². The van der Waals surface area contributed by atoms with Crippen molar-refractivity contribution in [3.63, 3.8) is 0 Å². The van der Waals surface area contributed by atoms with E-state index >= 15 is 0 Å². The van der Waals surface area contributed by atoms with Gasteiger partial charge in [0, 0.05) is 14.1 Å². The van der Waals surface area contributed by atoms with Crippen LogP contribution in [0.25, 0.3) is 0 Å². The summed E-state index contributed by atoms with van der Waals surface area (Å²) in [6.45, 7) is 13.5. The van der Waals surface area contributed by atoms with E-state index in [1.165, 1.54) is 4.90 Å². The molecule has 0 aliphatic carbocycles. The van der Waals surface area contributed by atoms with Crippen LogP contribution in [-0.2, 0) is 14.8 Å². The first-order valence-corrected chi connectivity index (χ1v) is 10.1. The molecule has 0 fully saturated rings. The van der Waals surface area contributed by atoms with Gasteiger partial charge in [0.2, 0.25) is 15.9 Å². The Balaban J connectivity index is 3.44. The molecule has 0 saturated heterocycles.